The number of carbonyl (C=O) groups excluding carboxylic acids is 1. The predicted octanol–water partition coefficient (Wildman–Crippen LogP) is 2.76. The Hall–Kier alpha value is -1.77. The summed E-state index contributed by atoms with van der Waals surface area (Å²) in [5.74, 6) is 0.324. The lowest BCUT2D eigenvalue weighted by Gasteiger charge is -2.03. The van der Waals surface area contributed by atoms with Gasteiger partial charge in [0.05, 0.1) is 18.9 Å². The monoisotopic (exact) mass is 220 g/mol. The van der Waals surface area contributed by atoms with Crippen molar-refractivity contribution in [3.63, 3.8) is 0 Å². The number of aryl methyl sites for hydroxylation is 2. The average Bonchev–Trinajstić information content (AvgIpc) is 2.16. The van der Waals surface area contributed by atoms with Gasteiger partial charge in [0.15, 0.2) is 0 Å². The van der Waals surface area contributed by atoms with E-state index in [1.54, 1.807) is 6.92 Å². The van der Waals surface area contributed by atoms with Crippen molar-refractivity contribution in [3.05, 3.63) is 41.7 Å². The molecule has 3 nitrogen and oxygen atoms in total. The quantitative estimate of drug-likeness (QED) is 0.444. The van der Waals surface area contributed by atoms with Crippen molar-refractivity contribution in [1.29, 1.82) is 0 Å². The van der Waals surface area contributed by atoms with Gasteiger partial charge < -0.3 is 9.47 Å². The van der Waals surface area contributed by atoms with Gasteiger partial charge in [-0.3, -0.25) is 0 Å². The van der Waals surface area contributed by atoms with E-state index >= 15 is 0 Å². The van der Waals surface area contributed by atoms with Crippen molar-refractivity contribution in [2.75, 3.05) is 6.61 Å². The van der Waals surface area contributed by atoms with E-state index in [-0.39, 0.29) is 0 Å². The fourth-order valence-corrected chi connectivity index (χ4v) is 1.36. The first-order valence-electron chi connectivity index (χ1n) is 5.20. The zero-order chi connectivity index (χ0) is 12.0. The van der Waals surface area contributed by atoms with Crippen LogP contribution in [0.15, 0.2) is 30.5 Å². The molecule has 0 aromatic heterocycles. The minimum Gasteiger partial charge on any atom is -0.465 e. The van der Waals surface area contributed by atoms with Gasteiger partial charge in [0.25, 0.3) is 0 Å². The van der Waals surface area contributed by atoms with Crippen LogP contribution in [0.3, 0.4) is 0 Å². The Morgan fingerprint density at radius 3 is 2.44 bits per heavy atom. The zero-order valence-electron chi connectivity index (χ0n) is 9.82. The predicted molar refractivity (Wildman–Crippen MR) is 62.3 cm³/mol. The molecule has 0 aliphatic heterocycles. The molecule has 0 fully saturated rings. The van der Waals surface area contributed by atoms with E-state index in [0.717, 1.165) is 16.9 Å². The van der Waals surface area contributed by atoms with Crippen molar-refractivity contribution < 1.29 is 14.3 Å². The molecule has 0 radical (unpaired) electrons. The van der Waals surface area contributed by atoms with E-state index in [1.165, 1.54) is 12.3 Å². The van der Waals surface area contributed by atoms with Crippen molar-refractivity contribution in [2.45, 2.75) is 20.8 Å². The highest BCUT2D eigenvalue weighted by atomic mass is 16.5. The Bertz CT molecular complexity index is 374. The van der Waals surface area contributed by atoms with Crippen LogP contribution in [0.2, 0.25) is 0 Å². The second-order valence-corrected chi connectivity index (χ2v) is 3.50. The Kier molecular flexibility index (Phi) is 4.58. The number of hydrogen-bond donors (Lipinski definition) is 0. The first-order valence-corrected chi connectivity index (χ1v) is 5.20. The van der Waals surface area contributed by atoms with E-state index in [4.69, 9.17) is 9.47 Å². The fraction of sp³-hybridized carbons (Fsp3) is 0.308. The van der Waals surface area contributed by atoms with Gasteiger partial charge in [0, 0.05) is 0 Å². The van der Waals surface area contributed by atoms with Crippen LogP contribution in [0, 0.1) is 13.8 Å². The normalized spacial score (nSPS) is 10.4. The molecule has 0 saturated heterocycles. The van der Waals surface area contributed by atoms with Crippen LogP contribution < -0.4 is 4.74 Å². The minimum atomic E-state index is -0.396. The largest absolute Gasteiger partial charge is 0.465 e. The van der Waals surface area contributed by atoms with Gasteiger partial charge in [0.1, 0.15) is 5.75 Å². The standard InChI is InChI=1S/C13H16O3/c1-4-15-13(14)5-6-16-12-8-10(2)7-11(3)9-12/h5-9H,4H2,1-3H3/b6-5+. The van der Waals surface area contributed by atoms with Gasteiger partial charge in [-0.1, -0.05) is 6.07 Å². The van der Waals surface area contributed by atoms with E-state index < -0.39 is 5.97 Å². The molecule has 0 aliphatic rings. The molecule has 0 bridgehead atoms. The Morgan fingerprint density at radius 2 is 1.88 bits per heavy atom. The Labute approximate surface area is 95.7 Å². The maximum atomic E-state index is 11.0. The molecule has 1 rings (SSSR count). The van der Waals surface area contributed by atoms with E-state index in [2.05, 4.69) is 6.07 Å². The van der Waals surface area contributed by atoms with Gasteiger partial charge in [-0.2, -0.15) is 0 Å². The van der Waals surface area contributed by atoms with Gasteiger partial charge in [-0.05, 0) is 44.0 Å². The molecule has 0 spiro atoms. The molecule has 0 unspecified atom stereocenters. The van der Waals surface area contributed by atoms with Crippen LogP contribution in [-0.2, 0) is 9.53 Å². The second kappa shape index (κ2) is 5.95. The third-order valence-electron chi connectivity index (χ3n) is 1.89. The number of hydrogen-bond acceptors (Lipinski definition) is 3. The SMILES string of the molecule is CCOC(=O)/C=C/Oc1cc(C)cc(C)c1. The van der Waals surface area contributed by atoms with Crippen molar-refractivity contribution in [2.24, 2.45) is 0 Å². The number of ether oxygens (including phenoxy) is 2. The molecule has 1 aromatic carbocycles. The Morgan fingerprint density at radius 1 is 1.25 bits per heavy atom. The van der Waals surface area contributed by atoms with Crippen LogP contribution in [0.25, 0.3) is 0 Å². The highest BCUT2D eigenvalue weighted by Crippen LogP contribution is 2.16. The summed E-state index contributed by atoms with van der Waals surface area (Å²) in [5, 5.41) is 0. The Balaban J connectivity index is 2.57. The molecule has 0 heterocycles. The van der Waals surface area contributed by atoms with E-state index in [9.17, 15) is 4.79 Å². The van der Waals surface area contributed by atoms with Crippen LogP contribution in [-0.4, -0.2) is 12.6 Å². The maximum Gasteiger partial charge on any atom is 0.333 e. The van der Waals surface area contributed by atoms with Crippen LogP contribution in [0.4, 0.5) is 0 Å². The molecular formula is C13H16O3. The maximum absolute atomic E-state index is 11.0. The van der Waals surface area contributed by atoms with Gasteiger partial charge in [-0.25, -0.2) is 4.79 Å². The van der Waals surface area contributed by atoms with Crippen molar-refractivity contribution >= 4 is 5.97 Å². The molecule has 1 aromatic rings. The minimum absolute atomic E-state index is 0.368. The lowest BCUT2D eigenvalue weighted by Crippen LogP contribution is -1.99. The van der Waals surface area contributed by atoms with E-state index in [1.807, 2.05) is 26.0 Å². The topological polar surface area (TPSA) is 35.5 Å². The molecule has 3 heteroatoms. The highest BCUT2D eigenvalue weighted by molar-refractivity contribution is 5.81. The fourth-order valence-electron chi connectivity index (χ4n) is 1.36. The second-order valence-electron chi connectivity index (χ2n) is 3.50. The van der Waals surface area contributed by atoms with Gasteiger partial charge >= 0.3 is 5.97 Å². The van der Waals surface area contributed by atoms with E-state index in [0.29, 0.717) is 6.61 Å². The lowest BCUT2D eigenvalue weighted by atomic mass is 10.1. The molecule has 0 N–H and O–H groups in total. The number of esters is 1. The third-order valence-corrected chi connectivity index (χ3v) is 1.89. The summed E-state index contributed by atoms with van der Waals surface area (Å²) in [6.07, 6.45) is 2.60. The molecule has 0 amide bonds. The van der Waals surface area contributed by atoms with Crippen molar-refractivity contribution in [1.82, 2.24) is 0 Å². The third kappa shape index (κ3) is 4.17. The van der Waals surface area contributed by atoms with Crippen LogP contribution >= 0.6 is 0 Å². The lowest BCUT2D eigenvalue weighted by molar-refractivity contribution is -0.137. The van der Waals surface area contributed by atoms with Gasteiger partial charge in [0.2, 0.25) is 0 Å². The van der Waals surface area contributed by atoms with Crippen molar-refractivity contribution in [3.8, 4) is 5.75 Å². The molecule has 0 aliphatic carbocycles. The average molecular weight is 220 g/mol. The first-order chi connectivity index (χ1) is 7.61. The van der Waals surface area contributed by atoms with Crippen LogP contribution in [0.5, 0.6) is 5.75 Å². The summed E-state index contributed by atoms with van der Waals surface area (Å²) in [4.78, 5) is 11.0. The van der Waals surface area contributed by atoms with Gasteiger partial charge in [-0.15, -0.1) is 0 Å². The summed E-state index contributed by atoms with van der Waals surface area (Å²) in [5.41, 5.74) is 2.25. The summed E-state index contributed by atoms with van der Waals surface area (Å²) in [7, 11) is 0. The summed E-state index contributed by atoms with van der Waals surface area (Å²) in [6, 6.07) is 5.87. The molecule has 16 heavy (non-hydrogen) atoms. The number of carbonyl (C=O) groups is 1. The summed E-state index contributed by atoms with van der Waals surface area (Å²) < 4.78 is 10.0. The molecular weight excluding hydrogens is 204 g/mol. The molecule has 0 saturated carbocycles. The first kappa shape index (κ1) is 12.3. The molecule has 0 atom stereocenters. The smallest absolute Gasteiger partial charge is 0.333 e. The van der Waals surface area contributed by atoms with Crippen LogP contribution in [0.1, 0.15) is 18.1 Å². The summed E-state index contributed by atoms with van der Waals surface area (Å²) >= 11 is 0. The summed E-state index contributed by atoms with van der Waals surface area (Å²) in [6.45, 7) is 6.12. The molecule has 86 valence electrons. The number of rotatable bonds is 4. The zero-order valence-corrected chi connectivity index (χ0v) is 9.82. The highest BCUT2D eigenvalue weighted by Gasteiger charge is 1.96. The number of benzene rings is 1.